The maximum atomic E-state index is 11.0. The second kappa shape index (κ2) is 5.19. The first-order valence-corrected chi connectivity index (χ1v) is 5.87. The summed E-state index contributed by atoms with van der Waals surface area (Å²) in [5, 5.41) is 25.9. The van der Waals surface area contributed by atoms with Crippen molar-refractivity contribution in [2.24, 2.45) is 0 Å². The Balaban J connectivity index is 5.22. The van der Waals surface area contributed by atoms with Gasteiger partial charge in [0.05, 0.1) is 6.10 Å². The monoisotopic (exact) mass is 243 g/mol. The molecule has 0 fully saturated rings. The van der Waals surface area contributed by atoms with Crippen molar-refractivity contribution in [2.75, 3.05) is 0 Å². The molecule has 0 spiro atoms. The molecule has 0 aliphatic carbocycles. The Morgan fingerprint density at radius 2 is 1.33 bits per heavy atom. The third kappa shape index (κ3) is 4.01. The number of aliphatic hydroxyl groups excluding tert-OH is 3. The second-order valence-electron chi connectivity index (χ2n) is 3.36. The molecular weight excluding hydrogens is 226 g/mol. The van der Waals surface area contributed by atoms with Crippen LogP contribution in [0.5, 0.6) is 0 Å². The van der Waals surface area contributed by atoms with Gasteiger partial charge >= 0.3 is 0 Å². The first-order chi connectivity index (χ1) is 6.59. The zero-order chi connectivity index (χ0) is 12.4. The van der Waals surface area contributed by atoms with Crippen LogP contribution in [0.1, 0.15) is 20.8 Å². The van der Waals surface area contributed by atoms with Crippen molar-refractivity contribution in [3.63, 3.8) is 0 Å². The first-order valence-electron chi connectivity index (χ1n) is 4.37. The lowest BCUT2D eigenvalue weighted by atomic mass is 10.3. The van der Waals surface area contributed by atoms with E-state index in [1.807, 2.05) is 0 Å². The van der Waals surface area contributed by atoms with Crippen molar-refractivity contribution < 1.29 is 28.3 Å². The molecule has 4 N–H and O–H groups in total. The molecule has 15 heavy (non-hydrogen) atoms. The summed E-state index contributed by atoms with van der Waals surface area (Å²) in [6, 6.07) is 0. The van der Waals surface area contributed by atoms with E-state index in [1.165, 1.54) is 13.8 Å². The molecule has 8 heteroatoms. The molecule has 0 radical (unpaired) electrons. The molecule has 4 unspecified atom stereocenters. The molecule has 4 atom stereocenters. The maximum absolute atomic E-state index is 11.0. The van der Waals surface area contributed by atoms with Crippen molar-refractivity contribution >= 4 is 10.1 Å². The van der Waals surface area contributed by atoms with Crippen LogP contribution in [0.25, 0.3) is 0 Å². The molecule has 0 saturated carbocycles. The SMILES string of the molecule is CC(O)C(N(C(C)O)C(C)O)S(=O)(=O)O. The Morgan fingerprint density at radius 3 is 1.40 bits per heavy atom. The van der Waals surface area contributed by atoms with Crippen LogP contribution in [-0.2, 0) is 10.1 Å². The van der Waals surface area contributed by atoms with Gasteiger partial charge in [-0.3, -0.25) is 4.55 Å². The zero-order valence-electron chi connectivity index (χ0n) is 8.77. The summed E-state index contributed by atoms with van der Waals surface area (Å²) in [6.07, 6.45) is -4.11. The van der Waals surface area contributed by atoms with Crippen LogP contribution in [0, 0.1) is 0 Å². The van der Waals surface area contributed by atoms with Gasteiger partial charge in [-0.25, -0.2) is 4.90 Å². The van der Waals surface area contributed by atoms with Gasteiger partial charge in [0.25, 0.3) is 10.1 Å². The molecule has 0 heterocycles. The largest absolute Gasteiger partial charge is 0.391 e. The Bertz CT molecular complexity index is 278. The molecule has 7 nitrogen and oxygen atoms in total. The Labute approximate surface area is 88.7 Å². The van der Waals surface area contributed by atoms with E-state index in [4.69, 9.17) is 4.55 Å². The molecule has 0 amide bonds. The van der Waals surface area contributed by atoms with Gasteiger partial charge in [-0.05, 0) is 20.8 Å². The third-order valence-corrected chi connectivity index (χ3v) is 3.12. The summed E-state index contributed by atoms with van der Waals surface area (Å²) in [4.78, 5) is 0.681. The molecule has 0 saturated heterocycles. The van der Waals surface area contributed by atoms with E-state index in [0.29, 0.717) is 4.90 Å². The lowest BCUT2D eigenvalue weighted by Crippen LogP contribution is -2.55. The number of hydrogen-bond acceptors (Lipinski definition) is 6. The Kier molecular flexibility index (Phi) is 5.10. The predicted molar refractivity (Wildman–Crippen MR) is 52.2 cm³/mol. The molecule has 92 valence electrons. The molecule has 0 aromatic heterocycles. The summed E-state index contributed by atoms with van der Waals surface area (Å²) in [6.45, 7) is 3.57. The maximum Gasteiger partial charge on any atom is 0.284 e. The van der Waals surface area contributed by atoms with E-state index in [9.17, 15) is 23.7 Å². The standard InChI is InChI=1S/C7H17NO6S/c1-4(9)7(15(12,13)14)8(5(2)10)6(3)11/h4-7,9-11H,1-3H3,(H,12,13,14). The van der Waals surface area contributed by atoms with E-state index in [2.05, 4.69) is 0 Å². The molecular formula is C7H17NO6S. The third-order valence-electron chi connectivity index (χ3n) is 1.87. The van der Waals surface area contributed by atoms with Gasteiger partial charge in [-0.2, -0.15) is 8.42 Å². The molecule has 0 bridgehead atoms. The van der Waals surface area contributed by atoms with Crippen molar-refractivity contribution in [3.05, 3.63) is 0 Å². The van der Waals surface area contributed by atoms with Crippen LogP contribution in [0.3, 0.4) is 0 Å². The van der Waals surface area contributed by atoms with Crippen molar-refractivity contribution in [2.45, 2.75) is 44.7 Å². The minimum atomic E-state index is -4.60. The highest BCUT2D eigenvalue weighted by molar-refractivity contribution is 7.86. The van der Waals surface area contributed by atoms with Gasteiger partial charge < -0.3 is 15.3 Å². The minimum absolute atomic E-state index is 0.681. The van der Waals surface area contributed by atoms with Crippen LogP contribution >= 0.6 is 0 Å². The highest BCUT2D eigenvalue weighted by Crippen LogP contribution is 2.16. The number of rotatable bonds is 5. The smallest absolute Gasteiger partial charge is 0.284 e. The van der Waals surface area contributed by atoms with Crippen molar-refractivity contribution in [1.82, 2.24) is 4.90 Å². The highest BCUT2D eigenvalue weighted by atomic mass is 32.2. The normalized spacial score (nSPS) is 21.1. The molecule has 0 aliphatic heterocycles. The van der Waals surface area contributed by atoms with Gasteiger partial charge in [0.1, 0.15) is 12.5 Å². The average molecular weight is 243 g/mol. The highest BCUT2D eigenvalue weighted by Gasteiger charge is 2.38. The van der Waals surface area contributed by atoms with E-state index < -0.39 is 34.1 Å². The number of aliphatic hydroxyl groups is 3. The summed E-state index contributed by atoms with van der Waals surface area (Å²) in [7, 11) is -4.60. The predicted octanol–water partition coefficient (Wildman–Crippen LogP) is -1.44. The minimum Gasteiger partial charge on any atom is -0.391 e. The first kappa shape index (κ1) is 14.8. The number of nitrogens with zero attached hydrogens (tertiary/aromatic N) is 1. The van der Waals surface area contributed by atoms with Crippen molar-refractivity contribution in [3.8, 4) is 0 Å². The fourth-order valence-corrected chi connectivity index (χ4v) is 2.55. The quantitative estimate of drug-likeness (QED) is 0.345. The van der Waals surface area contributed by atoms with E-state index in [0.717, 1.165) is 6.92 Å². The number of hydrogen-bond donors (Lipinski definition) is 4. The molecule has 0 aromatic carbocycles. The van der Waals surface area contributed by atoms with Crippen LogP contribution in [0.15, 0.2) is 0 Å². The Morgan fingerprint density at radius 1 is 1.00 bits per heavy atom. The topological polar surface area (TPSA) is 118 Å². The summed E-state index contributed by atoms with van der Waals surface area (Å²) >= 11 is 0. The van der Waals surface area contributed by atoms with Crippen LogP contribution in [-0.4, -0.2) is 57.1 Å². The summed E-state index contributed by atoms with van der Waals surface area (Å²) < 4.78 is 30.8. The second-order valence-corrected chi connectivity index (χ2v) is 4.87. The molecule has 0 rings (SSSR count). The Hall–Kier alpha value is -0.250. The van der Waals surface area contributed by atoms with Crippen LogP contribution < -0.4 is 0 Å². The zero-order valence-corrected chi connectivity index (χ0v) is 9.59. The lowest BCUT2D eigenvalue weighted by Gasteiger charge is -2.35. The van der Waals surface area contributed by atoms with E-state index in [-0.39, 0.29) is 0 Å². The van der Waals surface area contributed by atoms with E-state index in [1.54, 1.807) is 0 Å². The fourth-order valence-electron chi connectivity index (χ4n) is 1.39. The van der Waals surface area contributed by atoms with Gasteiger partial charge in [-0.1, -0.05) is 0 Å². The van der Waals surface area contributed by atoms with Crippen LogP contribution in [0.2, 0.25) is 0 Å². The van der Waals surface area contributed by atoms with Crippen molar-refractivity contribution in [1.29, 1.82) is 0 Å². The summed E-state index contributed by atoms with van der Waals surface area (Å²) in [5.74, 6) is 0. The molecule has 0 aliphatic rings. The van der Waals surface area contributed by atoms with Gasteiger partial charge in [0.15, 0.2) is 5.37 Å². The fraction of sp³-hybridized carbons (Fsp3) is 1.00. The molecule has 0 aromatic rings. The van der Waals surface area contributed by atoms with E-state index >= 15 is 0 Å². The van der Waals surface area contributed by atoms with Gasteiger partial charge in [0.2, 0.25) is 0 Å². The van der Waals surface area contributed by atoms with Gasteiger partial charge in [-0.15, -0.1) is 0 Å². The summed E-state index contributed by atoms with van der Waals surface area (Å²) in [5.41, 5.74) is 0. The van der Waals surface area contributed by atoms with Crippen LogP contribution in [0.4, 0.5) is 0 Å². The lowest BCUT2D eigenvalue weighted by molar-refractivity contribution is -0.111. The average Bonchev–Trinajstić information content (AvgIpc) is 1.94. The van der Waals surface area contributed by atoms with Gasteiger partial charge in [0, 0.05) is 0 Å².